The average Bonchev–Trinajstić information content (AvgIpc) is 2.78. The first-order valence-electron chi connectivity index (χ1n) is 9.75. The van der Waals surface area contributed by atoms with Crippen molar-refractivity contribution in [2.24, 2.45) is 0 Å². The summed E-state index contributed by atoms with van der Waals surface area (Å²) in [5.41, 5.74) is 4.41. The van der Waals surface area contributed by atoms with Gasteiger partial charge in [0.05, 0.1) is 37.1 Å². The molecule has 2 heterocycles. The van der Waals surface area contributed by atoms with Gasteiger partial charge in [0.1, 0.15) is 5.75 Å². The van der Waals surface area contributed by atoms with Crippen LogP contribution in [0.3, 0.4) is 0 Å². The molecule has 0 bridgehead atoms. The zero-order chi connectivity index (χ0) is 20.4. The quantitative estimate of drug-likeness (QED) is 0.572. The highest BCUT2D eigenvalue weighted by Crippen LogP contribution is 2.31. The van der Waals surface area contributed by atoms with Gasteiger partial charge in [-0.3, -0.25) is 4.79 Å². The van der Waals surface area contributed by atoms with Gasteiger partial charge in [0.15, 0.2) is 0 Å². The molecule has 0 radical (unpaired) electrons. The fraction of sp³-hybridized carbons (Fsp3) is 0.304. The molecule has 0 aliphatic carbocycles. The Morgan fingerprint density at radius 3 is 2.55 bits per heavy atom. The van der Waals surface area contributed by atoms with E-state index in [0.29, 0.717) is 31.9 Å². The molecule has 1 aromatic heterocycles. The number of nitrogens with zero attached hydrogens (tertiary/aromatic N) is 2. The van der Waals surface area contributed by atoms with E-state index < -0.39 is 0 Å². The lowest BCUT2D eigenvalue weighted by Gasteiger charge is -2.27. The van der Waals surface area contributed by atoms with Crippen molar-refractivity contribution in [1.82, 2.24) is 9.88 Å². The number of rotatable bonds is 4. The molecule has 1 saturated heterocycles. The van der Waals surface area contributed by atoms with Gasteiger partial charge in [-0.05, 0) is 54.4 Å². The molecule has 1 aliphatic rings. The monoisotopic (exact) mass is 454 g/mol. The van der Waals surface area contributed by atoms with Crippen LogP contribution in [0, 0.1) is 0 Å². The second kappa shape index (κ2) is 8.51. The van der Waals surface area contributed by atoms with Crippen molar-refractivity contribution < 1.29 is 14.3 Å². The van der Waals surface area contributed by atoms with Gasteiger partial charge in [-0.15, -0.1) is 0 Å². The molecule has 0 atom stereocenters. The topological polar surface area (TPSA) is 51.7 Å². The second-order valence-electron chi connectivity index (χ2n) is 7.00. The number of benzene rings is 2. The fourth-order valence-electron chi connectivity index (χ4n) is 3.65. The number of amides is 1. The number of hydrogen-bond acceptors (Lipinski definition) is 4. The lowest BCUT2D eigenvalue weighted by Crippen LogP contribution is -2.40. The molecule has 1 amide bonds. The summed E-state index contributed by atoms with van der Waals surface area (Å²) < 4.78 is 11.6. The summed E-state index contributed by atoms with van der Waals surface area (Å²) in [5.74, 6) is 0.813. The van der Waals surface area contributed by atoms with Crippen LogP contribution in [0.2, 0.25) is 0 Å². The summed E-state index contributed by atoms with van der Waals surface area (Å²) in [6, 6.07) is 13.7. The van der Waals surface area contributed by atoms with Crippen molar-refractivity contribution in [3.8, 4) is 17.0 Å². The Hall–Kier alpha value is -2.44. The minimum atomic E-state index is 0.0237. The molecule has 3 aromatic rings. The highest BCUT2D eigenvalue weighted by molar-refractivity contribution is 9.10. The predicted octanol–water partition coefficient (Wildman–Crippen LogP) is 4.71. The number of hydrogen-bond donors (Lipinski definition) is 0. The molecule has 2 aromatic carbocycles. The SMILES string of the molecule is CCc1cc(Br)cc2c(C(=O)N3CCOCC3)cc(-c3ccc(OC)cc3)nc12. The lowest BCUT2D eigenvalue weighted by atomic mass is 9.99. The molecule has 6 heteroatoms. The maximum Gasteiger partial charge on any atom is 0.254 e. The van der Waals surface area contributed by atoms with Gasteiger partial charge in [-0.2, -0.15) is 0 Å². The average molecular weight is 455 g/mol. The van der Waals surface area contributed by atoms with Crippen LogP contribution in [0.1, 0.15) is 22.8 Å². The van der Waals surface area contributed by atoms with Gasteiger partial charge in [0, 0.05) is 28.5 Å². The van der Waals surface area contributed by atoms with Gasteiger partial charge >= 0.3 is 0 Å². The number of aromatic nitrogens is 1. The van der Waals surface area contributed by atoms with Gasteiger partial charge in [0.2, 0.25) is 0 Å². The number of ether oxygens (including phenoxy) is 2. The maximum absolute atomic E-state index is 13.4. The molecule has 4 rings (SSSR count). The predicted molar refractivity (Wildman–Crippen MR) is 118 cm³/mol. The van der Waals surface area contributed by atoms with Gasteiger partial charge in [-0.25, -0.2) is 4.98 Å². The third-order valence-electron chi connectivity index (χ3n) is 5.25. The van der Waals surface area contributed by atoms with Crippen LogP contribution in [0.5, 0.6) is 5.75 Å². The number of fused-ring (bicyclic) bond motifs is 1. The Morgan fingerprint density at radius 1 is 1.17 bits per heavy atom. The first-order valence-corrected chi connectivity index (χ1v) is 10.5. The minimum absolute atomic E-state index is 0.0237. The van der Waals surface area contributed by atoms with Crippen molar-refractivity contribution in [2.75, 3.05) is 33.4 Å². The Balaban J connectivity index is 1.90. The molecule has 0 spiro atoms. The van der Waals surface area contributed by atoms with Crippen LogP contribution in [-0.4, -0.2) is 49.2 Å². The first-order chi connectivity index (χ1) is 14.1. The molecule has 0 N–H and O–H groups in total. The Kier molecular flexibility index (Phi) is 5.83. The normalized spacial score (nSPS) is 14.2. The summed E-state index contributed by atoms with van der Waals surface area (Å²) in [4.78, 5) is 20.2. The molecule has 1 aliphatic heterocycles. The number of methoxy groups -OCH3 is 1. The van der Waals surface area contributed by atoms with Crippen LogP contribution in [0.4, 0.5) is 0 Å². The first kappa shape index (κ1) is 19.9. The van der Waals surface area contributed by atoms with Crippen molar-refractivity contribution in [3.63, 3.8) is 0 Å². The van der Waals surface area contributed by atoms with E-state index in [4.69, 9.17) is 14.5 Å². The summed E-state index contributed by atoms with van der Waals surface area (Å²) in [6.45, 7) is 4.46. The van der Waals surface area contributed by atoms with Crippen LogP contribution in [0.15, 0.2) is 46.9 Å². The van der Waals surface area contributed by atoms with E-state index in [1.807, 2.05) is 41.3 Å². The Labute approximate surface area is 178 Å². The number of morpholine rings is 1. The molecule has 0 unspecified atom stereocenters. The van der Waals surface area contributed by atoms with E-state index in [0.717, 1.165) is 44.4 Å². The summed E-state index contributed by atoms with van der Waals surface area (Å²) in [7, 11) is 1.65. The second-order valence-corrected chi connectivity index (χ2v) is 7.92. The van der Waals surface area contributed by atoms with E-state index in [9.17, 15) is 4.79 Å². The third-order valence-corrected chi connectivity index (χ3v) is 5.71. The number of carbonyl (C=O) groups excluding carboxylic acids is 1. The minimum Gasteiger partial charge on any atom is -0.497 e. The van der Waals surface area contributed by atoms with Gasteiger partial charge in [0.25, 0.3) is 5.91 Å². The zero-order valence-corrected chi connectivity index (χ0v) is 18.2. The molecule has 1 fully saturated rings. The number of halogens is 1. The smallest absolute Gasteiger partial charge is 0.254 e. The summed E-state index contributed by atoms with van der Waals surface area (Å²) in [5, 5.41) is 0.880. The fourth-order valence-corrected chi connectivity index (χ4v) is 4.16. The highest BCUT2D eigenvalue weighted by Gasteiger charge is 2.23. The number of pyridine rings is 1. The van der Waals surface area contributed by atoms with Gasteiger partial charge in [-0.1, -0.05) is 22.9 Å². The van der Waals surface area contributed by atoms with Crippen molar-refractivity contribution in [2.45, 2.75) is 13.3 Å². The van der Waals surface area contributed by atoms with E-state index in [1.165, 1.54) is 0 Å². The lowest BCUT2D eigenvalue weighted by molar-refractivity contribution is 0.0304. The number of aryl methyl sites for hydroxylation is 1. The molecule has 29 heavy (non-hydrogen) atoms. The summed E-state index contributed by atoms with van der Waals surface area (Å²) >= 11 is 3.60. The van der Waals surface area contributed by atoms with Crippen LogP contribution in [0.25, 0.3) is 22.2 Å². The van der Waals surface area contributed by atoms with Crippen molar-refractivity contribution in [3.05, 3.63) is 58.1 Å². The number of carbonyl (C=O) groups is 1. The van der Waals surface area contributed by atoms with E-state index in [-0.39, 0.29) is 5.91 Å². The Bertz CT molecular complexity index is 1040. The van der Waals surface area contributed by atoms with Crippen LogP contribution < -0.4 is 4.74 Å². The standard InChI is InChI=1S/C23H23BrN2O3/c1-3-15-12-17(24)13-19-20(23(27)26-8-10-29-11-9-26)14-21(25-22(15)19)16-4-6-18(28-2)7-5-16/h4-7,12-14H,3,8-11H2,1-2H3. The zero-order valence-electron chi connectivity index (χ0n) is 16.6. The molecule has 150 valence electrons. The van der Waals surface area contributed by atoms with Crippen molar-refractivity contribution in [1.29, 1.82) is 0 Å². The van der Waals surface area contributed by atoms with Crippen molar-refractivity contribution >= 4 is 32.7 Å². The molecule has 5 nitrogen and oxygen atoms in total. The Morgan fingerprint density at radius 2 is 1.90 bits per heavy atom. The van der Waals surface area contributed by atoms with Crippen LogP contribution >= 0.6 is 15.9 Å². The van der Waals surface area contributed by atoms with E-state index in [1.54, 1.807) is 7.11 Å². The van der Waals surface area contributed by atoms with Crippen LogP contribution in [-0.2, 0) is 11.2 Å². The highest BCUT2D eigenvalue weighted by atomic mass is 79.9. The summed E-state index contributed by atoms with van der Waals surface area (Å²) in [6.07, 6.45) is 0.834. The molecular formula is C23H23BrN2O3. The molecular weight excluding hydrogens is 432 g/mol. The largest absolute Gasteiger partial charge is 0.497 e. The molecule has 0 saturated carbocycles. The van der Waals surface area contributed by atoms with E-state index in [2.05, 4.69) is 28.9 Å². The maximum atomic E-state index is 13.4. The van der Waals surface area contributed by atoms with E-state index >= 15 is 0 Å². The third kappa shape index (κ3) is 4.00. The van der Waals surface area contributed by atoms with Gasteiger partial charge < -0.3 is 14.4 Å².